The lowest BCUT2D eigenvalue weighted by molar-refractivity contribution is 0.171. The molecule has 1 unspecified atom stereocenters. The number of fused-ring (bicyclic) bond motifs is 1. The Morgan fingerprint density at radius 3 is 2.36 bits per heavy atom. The number of rotatable bonds is 1. The van der Waals surface area contributed by atoms with Crippen LogP contribution in [0.4, 0.5) is 0 Å². The van der Waals surface area contributed by atoms with Gasteiger partial charge in [-0.15, -0.1) is 0 Å². The molecular formula is C17H18O5. The fourth-order valence-electron chi connectivity index (χ4n) is 2.90. The highest BCUT2D eigenvalue weighted by Crippen LogP contribution is 2.47. The first-order valence-corrected chi connectivity index (χ1v) is 7.12. The van der Waals surface area contributed by atoms with Gasteiger partial charge in [-0.05, 0) is 44.4 Å². The van der Waals surface area contributed by atoms with Crippen LogP contribution in [0.5, 0.6) is 28.7 Å². The quantitative estimate of drug-likeness (QED) is 0.607. The molecule has 2 aromatic rings. The van der Waals surface area contributed by atoms with Gasteiger partial charge in [-0.25, -0.2) is 0 Å². The molecule has 1 aliphatic rings. The highest BCUT2D eigenvalue weighted by Gasteiger charge is 2.28. The smallest absolute Gasteiger partial charge is 0.157 e. The molecule has 0 saturated heterocycles. The summed E-state index contributed by atoms with van der Waals surface area (Å²) in [6.07, 6.45) is 0.934. The first kappa shape index (κ1) is 14.4. The zero-order valence-electron chi connectivity index (χ0n) is 12.4. The SMILES string of the molecule is Cc1c(O)c(C)c2c(c1O)CCC(c1ccc(O)c(O)c1)O2. The summed E-state index contributed by atoms with van der Waals surface area (Å²) in [6, 6.07) is 4.57. The third-order valence-electron chi connectivity index (χ3n) is 4.25. The molecule has 116 valence electrons. The Balaban J connectivity index is 2.02. The fourth-order valence-corrected chi connectivity index (χ4v) is 2.90. The van der Waals surface area contributed by atoms with Crippen molar-refractivity contribution in [1.82, 2.24) is 0 Å². The van der Waals surface area contributed by atoms with Crippen LogP contribution in [0.15, 0.2) is 18.2 Å². The zero-order chi connectivity index (χ0) is 16.0. The Morgan fingerprint density at radius 1 is 0.955 bits per heavy atom. The van der Waals surface area contributed by atoms with Crippen molar-refractivity contribution >= 4 is 0 Å². The molecule has 0 amide bonds. The van der Waals surface area contributed by atoms with Crippen LogP contribution in [0.1, 0.15) is 34.8 Å². The number of benzene rings is 2. The van der Waals surface area contributed by atoms with E-state index in [9.17, 15) is 20.4 Å². The minimum Gasteiger partial charge on any atom is -0.507 e. The van der Waals surface area contributed by atoms with Gasteiger partial charge in [0, 0.05) is 16.7 Å². The van der Waals surface area contributed by atoms with E-state index < -0.39 is 0 Å². The summed E-state index contributed by atoms with van der Waals surface area (Å²) < 4.78 is 5.95. The summed E-state index contributed by atoms with van der Waals surface area (Å²) in [5, 5.41) is 39.3. The number of phenols is 4. The van der Waals surface area contributed by atoms with Crippen LogP contribution < -0.4 is 4.74 Å². The summed E-state index contributed by atoms with van der Waals surface area (Å²) in [7, 11) is 0. The van der Waals surface area contributed by atoms with Crippen molar-refractivity contribution in [1.29, 1.82) is 0 Å². The highest BCUT2D eigenvalue weighted by atomic mass is 16.5. The van der Waals surface area contributed by atoms with Gasteiger partial charge in [0.25, 0.3) is 0 Å². The van der Waals surface area contributed by atoms with Crippen LogP contribution in [-0.2, 0) is 6.42 Å². The molecule has 0 radical (unpaired) electrons. The van der Waals surface area contributed by atoms with Gasteiger partial charge < -0.3 is 25.2 Å². The van der Waals surface area contributed by atoms with E-state index in [-0.39, 0.29) is 29.1 Å². The van der Waals surface area contributed by atoms with Crippen LogP contribution in [0.3, 0.4) is 0 Å². The van der Waals surface area contributed by atoms with Gasteiger partial charge in [-0.1, -0.05) is 6.07 Å². The van der Waals surface area contributed by atoms with Crippen molar-refractivity contribution in [2.75, 3.05) is 0 Å². The molecule has 0 aromatic heterocycles. The summed E-state index contributed by atoms with van der Waals surface area (Å²) in [6.45, 7) is 3.42. The lowest BCUT2D eigenvalue weighted by Crippen LogP contribution is -2.16. The van der Waals surface area contributed by atoms with E-state index in [1.54, 1.807) is 19.9 Å². The Labute approximate surface area is 128 Å². The van der Waals surface area contributed by atoms with Crippen LogP contribution in [-0.4, -0.2) is 20.4 Å². The molecule has 5 heteroatoms. The van der Waals surface area contributed by atoms with Crippen molar-refractivity contribution in [2.45, 2.75) is 32.8 Å². The van der Waals surface area contributed by atoms with Gasteiger partial charge in [-0.2, -0.15) is 0 Å². The lowest BCUT2D eigenvalue weighted by Gasteiger charge is -2.29. The molecule has 1 aliphatic heterocycles. The first-order valence-electron chi connectivity index (χ1n) is 7.12. The number of hydrogen-bond donors (Lipinski definition) is 4. The predicted octanol–water partition coefficient (Wildman–Crippen LogP) is 3.19. The minimum absolute atomic E-state index is 0.0328. The summed E-state index contributed by atoms with van der Waals surface area (Å²) in [4.78, 5) is 0. The van der Waals surface area contributed by atoms with Crippen molar-refractivity contribution in [2.24, 2.45) is 0 Å². The Kier molecular flexibility index (Phi) is 3.28. The van der Waals surface area contributed by atoms with Crippen molar-refractivity contribution in [3.8, 4) is 28.7 Å². The molecule has 1 heterocycles. The third kappa shape index (κ3) is 2.09. The Hall–Kier alpha value is -2.56. The maximum Gasteiger partial charge on any atom is 0.157 e. The second-order valence-corrected chi connectivity index (χ2v) is 5.65. The molecule has 22 heavy (non-hydrogen) atoms. The van der Waals surface area contributed by atoms with E-state index in [1.165, 1.54) is 12.1 Å². The average molecular weight is 302 g/mol. The Bertz CT molecular complexity index is 751. The zero-order valence-corrected chi connectivity index (χ0v) is 12.4. The minimum atomic E-state index is -0.306. The summed E-state index contributed by atoms with van der Waals surface area (Å²) >= 11 is 0. The maximum absolute atomic E-state index is 10.2. The number of phenolic OH excluding ortho intramolecular Hbond substituents is 4. The predicted molar refractivity (Wildman–Crippen MR) is 80.7 cm³/mol. The maximum atomic E-state index is 10.2. The summed E-state index contributed by atoms with van der Waals surface area (Å²) in [5.41, 5.74) is 2.49. The molecule has 0 spiro atoms. The number of hydrogen-bond acceptors (Lipinski definition) is 5. The van der Waals surface area contributed by atoms with Gasteiger partial charge in [-0.3, -0.25) is 0 Å². The fraction of sp³-hybridized carbons (Fsp3) is 0.294. The van der Waals surface area contributed by atoms with E-state index in [2.05, 4.69) is 0 Å². The molecule has 0 bridgehead atoms. The van der Waals surface area contributed by atoms with E-state index in [1.807, 2.05) is 0 Å². The number of ether oxygens (including phenoxy) is 1. The molecule has 3 rings (SSSR count). The van der Waals surface area contributed by atoms with E-state index >= 15 is 0 Å². The topological polar surface area (TPSA) is 90.2 Å². The molecular weight excluding hydrogens is 284 g/mol. The third-order valence-corrected chi connectivity index (χ3v) is 4.25. The molecule has 1 atom stereocenters. The van der Waals surface area contributed by atoms with Gasteiger partial charge in [0.05, 0.1) is 0 Å². The molecule has 2 aromatic carbocycles. The lowest BCUT2D eigenvalue weighted by atomic mass is 9.92. The highest BCUT2D eigenvalue weighted by molar-refractivity contribution is 5.61. The van der Waals surface area contributed by atoms with Gasteiger partial charge >= 0.3 is 0 Å². The van der Waals surface area contributed by atoms with Crippen LogP contribution in [0, 0.1) is 13.8 Å². The van der Waals surface area contributed by atoms with Crippen molar-refractivity contribution in [3.05, 3.63) is 40.5 Å². The standard InChI is InChI=1S/C17H18O5/c1-8-15(20)9(2)17-11(16(8)21)4-6-14(22-17)10-3-5-12(18)13(19)7-10/h3,5,7,14,18-21H,4,6H2,1-2H3. The molecule has 4 N–H and O–H groups in total. The Morgan fingerprint density at radius 2 is 1.68 bits per heavy atom. The van der Waals surface area contributed by atoms with E-state index in [0.717, 1.165) is 5.56 Å². The monoisotopic (exact) mass is 302 g/mol. The van der Waals surface area contributed by atoms with Crippen LogP contribution in [0.2, 0.25) is 0 Å². The van der Waals surface area contributed by atoms with E-state index in [4.69, 9.17) is 4.74 Å². The largest absolute Gasteiger partial charge is 0.507 e. The molecule has 0 fully saturated rings. The van der Waals surface area contributed by atoms with Crippen molar-refractivity contribution < 1.29 is 25.2 Å². The van der Waals surface area contributed by atoms with Crippen LogP contribution >= 0.6 is 0 Å². The average Bonchev–Trinajstić information content (AvgIpc) is 2.53. The van der Waals surface area contributed by atoms with Gasteiger partial charge in [0.15, 0.2) is 11.5 Å². The van der Waals surface area contributed by atoms with Crippen molar-refractivity contribution in [3.63, 3.8) is 0 Å². The second-order valence-electron chi connectivity index (χ2n) is 5.65. The molecule has 5 nitrogen and oxygen atoms in total. The van der Waals surface area contributed by atoms with E-state index in [0.29, 0.717) is 35.3 Å². The first-order chi connectivity index (χ1) is 10.4. The summed E-state index contributed by atoms with van der Waals surface area (Å²) in [5.74, 6) is 0.222. The normalized spacial score (nSPS) is 16.9. The van der Waals surface area contributed by atoms with Crippen LogP contribution in [0.25, 0.3) is 0 Å². The second kappa shape index (κ2) is 5.02. The molecule has 0 aliphatic carbocycles. The van der Waals surface area contributed by atoms with Gasteiger partial charge in [0.2, 0.25) is 0 Å². The van der Waals surface area contributed by atoms with Gasteiger partial charge in [0.1, 0.15) is 23.4 Å². The molecule has 0 saturated carbocycles. The number of aromatic hydroxyl groups is 4.